The van der Waals surface area contributed by atoms with Crippen LogP contribution < -0.4 is 9.80 Å². The predicted octanol–water partition coefficient (Wildman–Crippen LogP) is -1.26. The van der Waals surface area contributed by atoms with E-state index in [9.17, 15) is 18.3 Å². The molecule has 2 aliphatic heterocycles. The first-order chi connectivity index (χ1) is 11.8. The lowest BCUT2D eigenvalue weighted by Crippen LogP contribution is -3.16. The van der Waals surface area contributed by atoms with Gasteiger partial charge >= 0.3 is 0 Å². The number of hydrogen-bond donors (Lipinski definition) is 2. The minimum atomic E-state index is -2.97. The highest BCUT2D eigenvalue weighted by Gasteiger charge is 2.34. The smallest absolute Gasteiger partial charge is 0.277 e. The average molecular weight is 368 g/mol. The standard InChI is InChI=1S/C17H25N3O4S/c1-18(15-6-11-25(23,24)13-15)17(22)12-19-7-9-20(10-8-19)14-2-4-16(21)5-3-14/h2-5,15,21H,6-13H2,1H3/p+1/t15-/m0/s1. The Balaban J connectivity index is 1.48. The molecule has 2 fully saturated rings. The highest BCUT2D eigenvalue weighted by Crippen LogP contribution is 2.18. The molecular weight excluding hydrogens is 342 g/mol. The van der Waals surface area contributed by atoms with Crippen molar-refractivity contribution in [2.24, 2.45) is 0 Å². The number of carbonyl (C=O) groups excluding carboxylic acids is 1. The number of hydrogen-bond acceptors (Lipinski definition) is 5. The van der Waals surface area contributed by atoms with Gasteiger partial charge in [-0.05, 0) is 30.7 Å². The Labute approximate surface area is 148 Å². The molecular formula is C17H26N3O4S+. The molecule has 0 radical (unpaired) electrons. The summed E-state index contributed by atoms with van der Waals surface area (Å²) in [5.74, 6) is 0.567. The summed E-state index contributed by atoms with van der Waals surface area (Å²) in [5.41, 5.74) is 1.08. The van der Waals surface area contributed by atoms with E-state index in [0.29, 0.717) is 13.0 Å². The van der Waals surface area contributed by atoms with E-state index in [1.807, 2.05) is 12.1 Å². The van der Waals surface area contributed by atoms with Crippen LogP contribution in [-0.4, -0.2) is 81.7 Å². The molecule has 0 unspecified atom stereocenters. The Morgan fingerprint density at radius 2 is 1.92 bits per heavy atom. The monoisotopic (exact) mass is 368 g/mol. The maximum absolute atomic E-state index is 12.5. The largest absolute Gasteiger partial charge is 0.508 e. The third-order valence-corrected chi connectivity index (χ3v) is 6.99. The fraction of sp³-hybridized carbons (Fsp3) is 0.588. The van der Waals surface area contributed by atoms with Gasteiger partial charge in [-0.3, -0.25) is 4.79 Å². The Morgan fingerprint density at radius 1 is 1.28 bits per heavy atom. The summed E-state index contributed by atoms with van der Waals surface area (Å²) < 4.78 is 23.2. The van der Waals surface area contributed by atoms with Crippen molar-refractivity contribution in [1.29, 1.82) is 0 Å². The number of phenols is 1. The fourth-order valence-electron chi connectivity index (χ4n) is 3.54. The van der Waals surface area contributed by atoms with Gasteiger partial charge in [-0.2, -0.15) is 0 Å². The molecule has 0 saturated carbocycles. The molecule has 0 aromatic heterocycles. The molecule has 2 saturated heterocycles. The van der Waals surface area contributed by atoms with E-state index >= 15 is 0 Å². The molecule has 1 aromatic carbocycles. The summed E-state index contributed by atoms with van der Waals surface area (Å²) >= 11 is 0. The molecule has 7 nitrogen and oxygen atoms in total. The van der Waals surface area contributed by atoms with E-state index in [1.54, 1.807) is 24.1 Å². The zero-order valence-corrected chi connectivity index (χ0v) is 15.3. The molecule has 1 atom stereocenters. The Morgan fingerprint density at radius 3 is 2.48 bits per heavy atom. The van der Waals surface area contributed by atoms with Gasteiger partial charge in [0.15, 0.2) is 16.4 Å². The summed E-state index contributed by atoms with van der Waals surface area (Å²) in [6.45, 7) is 3.85. The normalized spacial score (nSPS) is 23.6. The van der Waals surface area contributed by atoms with Gasteiger partial charge in [0.2, 0.25) is 0 Å². The Kier molecular flexibility index (Phi) is 5.19. The number of carbonyl (C=O) groups is 1. The fourth-order valence-corrected chi connectivity index (χ4v) is 5.32. The van der Waals surface area contributed by atoms with E-state index in [4.69, 9.17) is 0 Å². The van der Waals surface area contributed by atoms with Crippen LogP contribution in [0.3, 0.4) is 0 Å². The van der Waals surface area contributed by atoms with E-state index in [-0.39, 0.29) is 29.2 Å². The Hall–Kier alpha value is -1.80. The Bertz CT molecular complexity index is 712. The number of nitrogens with one attached hydrogen (secondary N) is 1. The van der Waals surface area contributed by atoms with Crippen molar-refractivity contribution in [3.8, 4) is 5.75 Å². The van der Waals surface area contributed by atoms with Gasteiger partial charge < -0.3 is 19.8 Å². The number of rotatable bonds is 4. The van der Waals surface area contributed by atoms with Crippen molar-refractivity contribution < 1.29 is 23.2 Å². The van der Waals surface area contributed by atoms with Crippen molar-refractivity contribution in [3.63, 3.8) is 0 Å². The molecule has 3 rings (SSSR count). The first-order valence-corrected chi connectivity index (χ1v) is 10.5. The summed E-state index contributed by atoms with van der Waals surface area (Å²) in [6.07, 6.45) is 0.550. The van der Waals surface area contributed by atoms with E-state index < -0.39 is 9.84 Å². The van der Waals surface area contributed by atoms with E-state index in [1.165, 1.54) is 4.90 Å². The SMILES string of the molecule is CN(C(=O)C[NH+]1CCN(c2ccc(O)cc2)CC1)[C@H]1CCS(=O)(=O)C1. The van der Waals surface area contributed by atoms with E-state index in [0.717, 1.165) is 31.9 Å². The van der Waals surface area contributed by atoms with Crippen LogP contribution in [0.1, 0.15) is 6.42 Å². The molecule has 0 bridgehead atoms. The second kappa shape index (κ2) is 7.21. The van der Waals surface area contributed by atoms with Crippen LogP contribution in [0, 0.1) is 0 Å². The second-order valence-electron chi connectivity index (χ2n) is 6.99. The number of amides is 1. The van der Waals surface area contributed by atoms with Crippen molar-refractivity contribution >= 4 is 21.4 Å². The molecule has 2 aliphatic rings. The van der Waals surface area contributed by atoms with Gasteiger partial charge in [0, 0.05) is 18.8 Å². The molecule has 1 amide bonds. The van der Waals surface area contributed by atoms with Crippen LogP contribution in [0.15, 0.2) is 24.3 Å². The topological polar surface area (TPSA) is 82.4 Å². The highest BCUT2D eigenvalue weighted by molar-refractivity contribution is 7.91. The van der Waals surface area contributed by atoms with Gasteiger partial charge in [0.05, 0.1) is 37.7 Å². The lowest BCUT2D eigenvalue weighted by molar-refractivity contribution is -0.892. The molecule has 1 aromatic rings. The van der Waals surface area contributed by atoms with Gasteiger partial charge in [-0.1, -0.05) is 0 Å². The first kappa shape index (κ1) is 18.0. The van der Waals surface area contributed by atoms with Crippen molar-refractivity contribution in [2.45, 2.75) is 12.5 Å². The summed E-state index contributed by atoms with van der Waals surface area (Å²) in [7, 11) is -1.25. The molecule has 0 spiro atoms. The lowest BCUT2D eigenvalue weighted by Gasteiger charge is -2.34. The number of nitrogens with zero attached hydrogens (tertiary/aromatic N) is 2. The number of piperazine rings is 1. The number of anilines is 1. The number of likely N-dealkylation sites (N-methyl/N-ethyl adjacent to an activating group) is 1. The van der Waals surface area contributed by atoms with Crippen LogP contribution in [0.4, 0.5) is 5.69 Å². The van der Waals surface area contributed by atoms with E-state index in [2.05, 4.69) is 4.90 Å². The van der Waals surface area contributed by atoms with Gasteiger partial charge in [-0.25, -0.2) is 8.42 Å². The minimum Gasteiger partial charge on any atom is -0.508 e. The number of benzene rings is 1. The molecule has 2 N–H and O–H groups in total. The lowest BCUT2D eigenvalue weighted by atomic mass is 10.2. The van der Waals surface area contributed by atoms with Crippen molar-refractivity contribution in [2.75, 3.05) is 56.2 Å². The number of sulfone groups is 1. The molecule has 0 aliphatic carbocycles. The van der Waals surface area contributed by atoms with Crippen LogP contribution in [-0.2, 0) is 14.6 Å². The second-order valence-corrected chi connectivity index (χ2v) is 9.22. The van der Waals surface area contributed by atoms with Crippen LogP contribution in [0.2, 0.25) is 0 Å². The molecule has 138 valence electrons. The number of quaternary nitrogens is 1. The maximum Gasteiger partial charge on any atom is 0.277 e. The molecule has 2 heterocycles. The maximum atomic E-state index is 12.5. The number of phenolic OH excluding ortho intramolecular Hbond substituents is 1. The van der Waals surface area contributed by atoms with Crippen molar-refractivity contribution in [3.05, 3.63) is 24.3 Å². The van der Waals surface area contributed by atoms with Crippen LogP contribution in [0.5, 0.6) is 5.75 Å². The summed E-state index contributed by atoms with van der Waals surface area (Å²) in [6, 6.07) is 7.00. The average Bonchev–Trinajstić information content (AvgIpc) is 2.95. The minimum absolute atomic E-state index is 0.0233. The van der Waals surface area contributed by atoms with Gasteiger partial charge in [-0.15, -0.1) is 0 Å². The highest BCUT2D eigenvalue weighted by atomic mass is 32.2. The van der Waals surface area contributed by atoms with Gasteiger partial charge in [0.25, 0.3) is 5.91 Å². The molecule has 25 heavy (non-hydrogen) atoms. The van der Waals surface area contributed by atoms with Crippen LogP contribution >= 0.6 is 0 Å². The third kappa shape index (κ3) is 4.43. The zero-order valence-electron chi connectivity index (χ0n) is 14.5. The summed E-state index contributed by atoms with van der Waals surface area (Å²) in [4.78, 5) is 17.6. The van der Waals surface area contributed by atoms with Gasteiger partial charge in [0.1, 0.15) is 5.75 Å². The van der Waals surface area contributed by atoms with Crippen molar-refractivity contribution in [1.82, 2.24) is 4.90 Å². The van der Waals surface area contributed by atoms with Crippen LogP contribution in [0.25, 0.3) is 0 Å². The number of aromatic hydroxyl groups is 1. The zero-order chi connectivity index (χ0) is 18.0. The molecule has 8 heteroatoms. The summed E-state index contributed by atoms with van der Waals surface area (Å²) in [5, 5.41) is 9.37. The quantitative estimate of drug-likeness (QED) is 0.694. The first-order valence-electron chi connectivity index (χ1n) is 8.68. The predicted molar refractivity (Wildman–Crippen MR) is 95.7 cm³/mol. The third-order valence-electron chi connectivity index (χ3n) is 5.24.